The Hall–Kier alpha value is -2.06. The van der Waals surface area contributed by atoms with Crippen molar-refractivity contribution in [2.45, 2.75) is 30.3 Å². The number of carbonyl (C=O) groups is 1. The Labute approximate surface area is 147 Å². The quantitative estimate of drug-likeness (QED) is 0.720. The lowest BCUT2D eigenvalue weighted by Gasteiger charge is -2.46. The number of hydrogen-bond donors (Lipinski definition) is 3. The van der Waals surface area contributed by atoms with Gasteiger partial charge in [-0.15, -0.1) is 10.8 Å². The van der Waals surface area contributed by atoms with E-state index in [0.717, 1.165) is 36.9 Å². The van der Waals surface area contributed by atoms with Crippen LogP contribution in [-0.4, -0.2) is 28.1 Å². The third-order valence-electron chi connectivity index (χ3n) is 4.55. The second-order valence-electron chi connectivity index (χ2n) is 6.27. The number of carbonyl (C=O) groups excluding carboxylic acids is 1. The van der Waals surface area contributed by atoms with E-state index >= 15 is 0 Å². The monoisotopic (exact) mass is 360 g/mol. The van der Waals surface area contributed by atoms with Crippen LogP contribution in [0.25, 0.3) is 0 Å². The van der Waals surface area contributed by atoms with Gasteiger partial charge >= 0.3 is 0 Å². The van der Waals surface area contributed by atoms with E-state index in [9.17, 15) is 13.9 Å². The summed E-state index contributed by atoms with van der Waals surface area (Å²) in [6.45, 7) is 0.897. The zero-order chi connectivity index (χ0) is 17.4. The van der Waals surface area contributed by atoms with Crippen molar-refractivity contribution >= 4 is 22.7 Å². The van der Waals surface area contributed by atoms with Gasteiger partial charge in [0.2, 0.25) is 0 Å². The molecule has 2 aromatic rings. The van der Waals surface area contributed by atoms with Crippen LogP contribution in [0, 0.1) is 0 Å². The number of hydrogen-bond acceptors (Lipinski definition) is 6. The predicted molar refractivity (Wildman–Crippen MR) is 97.3 cm³/mol. The number of fused-ring (bicyclic) bond motifs is 3. The molecule has 0 aliphatic carbocycles. The maximum absolute atomic E-state index is 10.7. The largest absolute Gasteiger partial charge is 0.457 e. The van der Waals surface area contributed by atoms with Gasteiger partial charge < -0.3 is 14.4 Å². The molecule has 0 aromatic heterocycles. The molecule has 132 valence electrons. The molecular weight excluding hydrogens is 340 g/mol. The summed E-state index contributed by atoms with van der Waals surface area (Å²) in [6.07, 6.45) is 3.09. The molecule has 3 N–H and O–H groups in total. The molecule has 4 rings (SSSR count). The summed E-state index contributed by atoms with van der Waals surface area (Å²) >= 11 is 0. The number of anilines is 1. The van der Waals surface area contributed by atoms with Crippen molar-refractivity contribution in [3.05, 3.63) is 48.0 Å². The topological polar surface area (TPSA) is 82.0 Å². The summed E-state index contributed by atoms with van der Waals surface area (Å²) < 4.78 is 29.8. The third kappa shape index (κ3) is 3.11. The minimum atomic E-state index is -3.05. The number of aldehydes is 1. The Morgan fingerprint density at radius 3 is 2.92 bits per heavy atom. The molecule has 6 nitrogen and oxygen atoms in total. The summed E-state index contributed by atoms with van der Waals surface area (Å²) in [5.74, 6) is 1.14. The van der Waals surface area contributed by atoms with E-state index in [1.54, 1.807) is 18.2 Å². The Balaban J connectivity index is 1.65. The molecule has 1 atom stereocenters. The second-order valence-corrected chi connectivity index (χ2v) is 8.04. The van der Waals surface area contributed by atoms with Gasteiger partial charge in [-0.3, -0.25) is 9.11 Å². The van der Waals surface area contributed by atoms with Crippen molar-refractivity contribution in [3.63, 3.8) is 0 Å². The molecule has 2 aliphatic heterocycles. The lowest BCUT2D eigenvalue weighted by atomic mass is 10.1. The number of rotatable bonds is 4. The normalized spacial score (nSPS) is 22.0. The van der Waals surface area contributed by atoms with Gasteiger partial charge in [0.25, 0.3) is 0 Å². The van der Waals surface area contributed by atoms with Crippen molar-refractivity contribution in [1.82, 2.24) is 4.72 Å². The highest BCUT2D eigenvalue weighted by atomic mass is 32.3. The van der Waals surface area contributed by atoms with Gasteiger partial charge in [-0.2, -0.15) is 4.72 Å². The molecule has 25 heavy (non-hydrogen) atoms. The molecule has 1 fully saturated rings. The summed E-state index contributed by atoms with van der Waals surface area (Å²) in [4.78, 5) is 13.3. The molecule has 0 saturated carbocycles. The van der Waals surface area contributed by atoms with Crippen molar-refractivity contribution in [1.29, 1.82) is 0 Å². The molecule has 0 amide bonds. The fourth-order valence-electron chi connectivity index (χ4n) is 3.42. The molecule has 2 heterocycles. The molecule has 0 spiro atoms. The van der Waals surface area contributed by atoms with E-state index in [4.69, 9.17) is 4.74 Å². The van der Waals surface area contributed by atoms with E-state index in [0.29, 0.717) is 22.8 Å². The Morgan fingerprint density at radius 1 is 1.24 bits per heavy atom. The maximum atomic E-state index is 10.7. The Morgan fingerprint density at radius 2 is 2.08 bits per heavy atom. The highest BCUT2D eigenvalue weighted by Crippen LogP contribution is 2.55. The maximum Gasteiger partial charge on any atom is 0.129 e. The molecule has 2 aromatic carbocycles. The standard InChI is InChI=1S/C18H20N2O4S/c21-10-8-13-3-1-4-14(11-13)24-15-6-7-16-17(12-15)25(22,23)19-18-5-2-9-20(16)18/h1,3-4,6-7,10-12,18-19,22-23H,2,5,8-9H2. The first-order chi connectivity index (χ1) is 12.1. The van der Waals surface area contributed by atoms with Gasteiger partial charge in [0.15, 0.2) is 0 Å². The lowest BCUT2D eigenvalue weighted by Crippen LogP contribution is -2.46. The first kappa shape index (κ1) is 16.4. The number of ether oxygens (including phenoxy) is 1. The minimum absolute atomic E-state index is 0.0238. The molecule has 1 saturated heterocycles. The van der Waals surface area contributed by atoms with Gasteiger partial charge in [-0.25, -0.2) is 0 Å². The predicted octanol–water partition coefficient (Wildman–Crippen LogP) is 3.77. The fraction of sp³-hybridized carbons (Fsp3) is 0.278. The first-order valence-electron chi connectivity index (χ1n) is 8.23. The van der Waals surface area contributed by atoms with Gasteiger partial charge in [-0.05, 0) is 42.7 Å². The molecule has 1 unspecified atom stereocenters. The average Bonchev–Trinajstić information content (AvgIpc) is 3.03. The molecule has 0 bridgehead atoms. The van der Waals surface area contributed by atoms with Crippen LogP contribution in [0.5, 0.6) is 11.5 Å². The SMILES string of the molecule is O=CCc1cccc(Oc2ccc3c(c2)S(O)(O)NC2CCCN32)c1. The van der Waals surface area contributed by atoms with E-state index in [-0.39, 0.29) is 6.17 Å². The van der Waals surface area contributed by atoms with Gasteiger partial charge in [0.05, 0.1) is 11.9 Å². The Kier molecular flexibility index (Phi) is 4.16. The lowest BCUT2D eigenvalue weighted by molar-refractivity contribution is -0.107. The van der Waals surface area contributed by atoms with Crippen LogP contribution in [-0.2, 0) is 11.2 Å². The van der Waals surface area contributed by atoms with Crippen molar-refractivity contribution < 1.29 is 18.6 Å². The summed E-state index contributed by atoms with van der Waals surface area (Å²) in [7, 11) is -3.05. The third-order valence-corrected chi connectivity index (χ3v) is 6.09. The van der Waals surface area contributed by atoms with Crippen molar-refractivity contribution in [3.8, 4) is 11.5 Å². The zero-order valence-electron chi connectivity index (χ0n) is 13.6. The highest BCUT2D eigenvalue weighted by Gasteiger charge is 2.38. The smallest absolute Gasteiger partial charge is 0.129 e. The number of nitrogens with zero attached hydrogens (tertiary/aromatic N) is 1. The van der Waals surface area contributed by atoms with Crippen molar-refractivity contribution in [2.24, 2.45) is 0 Å². The van der Waals surface area contributed by atoms with Crippen LogP contribution in [0.4, 0.5) is 5.69 Å². The van der Waals surface area contributed by atoms with E-state index in [1.165, 1.54) is 0 Å². The van der Waals surface area contributed by atoms with Crippen LogP contribution in [0.15, 0.2) is 47.4 Å². The highest BCUT2D eigenvalue weighted by molar-refractivity contribution is 8.22. The van der Waals surface area contributed by atoms with Crippen LogP contribution >= 0.6 is 10.8 Å². The molecule has 7 heteroatoms. The van der Waals surface area contributed by atoms with Crippen molar-refractivity contribution in [2.75, 3.05) is 11.4 Å². The van der Waals surface area contributed by atoms with E-state index < -0.39 is 10.8 Å². The molecule has 0 radical (unpaired) electrons. The Bertz CT molecular complexity index is 811. The summed E-state index contributed by atoms with van der Waals surface area (Å²) in [6, 6.07) is 12.7. The minimum Gasteiger partial charge on any atom is -0.457 e. The molecule has 2 aliphatic rings. The summed E-state index contributed by atoms with van der Waals surface area (Å²) in [5, 5.41) is 0. The summed E-state index contributed by atoms with van der Waals surface area (Å²) in [5.41, 5.74) is 1.72. The second kappa shape index (κ2) is 6.34. The fourth-order valence-corrected chi connectivity index (χ4v) is 4.93. The van der Waals surface area contributed by atoms with Crippen LogP contribution in [0.3, 0.4) is 0 Å². The van der Waals surface area contributed by atoms with Crippen LogP contribution in [0.1, 0.15) is 18.4 Å². The first-order valence-corrected chi connectivity index (χ1v) is 9.78. The van der Waals surface area contributed by atoms with Crippen LogP contribution in [0.2, 0.25) is 0 Å². The van der Waals surface area contributed by atoms with Gasteiger partial charge in [-0.1, -0.05) is 12.1 Å². The zero-order valence-corrected chi connectivity index (χ0v) is 14.4. The molecular formula is C18H20N2O4S. The van der Waals surface area contributed by atoms with Gasteiger partial charge in [0.1, 0.15) is 22.7 Å². The number of benzene rings is 2. The van der Waals surface area contributed by atoms with Gasteiger partial charge in [0, 0.05) is 19.0 Å². The van der Waals surface area contributed by atoms with E-state index in [1.807, 2.05) is 24.3 Å². The van der Waals surface area contributed by atoms with Crippen LogP contribution < -0.4 is 14.4 Å². The average molecular weight is 360 g/mol. The van der Waals surface area contributed by atoms with E-state index in [2.05, 4.69) is 9.62 Å². The number of nitrogens with one attached hydrogen (secondary N) is 1.